The van der Waals surface area contributed by atoms with Gasteiger partial charge in [0.2, 0.25) is 0 Å². The highest BCUT2D eigenvalue weighted by atomic mass is 16.5. The van der Waals surface area contributed by atoms with Gasteiger partial charge >= 0.3 is 0 Å². The van der Waals surface area contributed by atoms with E-state index < -0.39 is 0 Å². The Hall–Kier alpha value is -2.16. The first kappa shape index (κ1) is 12.9. The molecule has 0 radical (unpaired) electrons. The average Bonchev–Trinajstić information content (AvgIpc) is 2.70. The molecule has 104 valence electrons. The van der Waals surface area contributed by atoms with E-state index in [2.05, 4.69) is 35.2 Å². The number of nitrogens with zero attached hydrogens (tertiary/aromatic N) is 1. The third-order valence-electron chi connectivity index (χ3n) is 4.00. The lowest BCUT2D eigenvalue weighted by molar-refractivity contribution is 0.415. The summed E-state index contributed by atoms with van der Waals surface area (Å²) in [5, 5.41) is 0. The summed E-state index contributed by atoms with van der Waals surface area (Å²) in [6.07, 6.45) is 2.14. The van der Waals surface area contributed by atoms with Crippen molar-refractivity contribution < 1.29 is 4.74 Å². The van der Waals surface area contributed by atoms with Crippen molar-refractivity contribution >= 4 is 11.4 Å². The van der Waals surface area contributed by atoms with Crippen LogP contribution in [0.2, 0.25) is 0 Å². The Morgan fingerprint density at radius 1 is 1.00 bits per heavy atom. The summed E-state index contributed by atoms with van der Waals surface area (Å²) in [5.74, 6) is 0.810. The normalized spacial score (nSPS) is 14.6. The molecule has 1 aliphatic rings. The standard InChI is InChI=1S/C17H20N2O/c1-20-15-6-7-17(16(18)12-15)19-10-8-13-4-2-3-5-14(13)9-11-19/h2-7,12H,8-11,18H2,1H3. The number of benzene rings is 2. The molecule has 0 saturated carbocycles. The molecular weight excluding hydrogens is 248 g/mol. The lowest BCUT2D eigenvalue weighted by Crippen LogP contribution is -2.26. The van der Waals surface area contributed by atoms with Crippen LogP contribution in [0.25, 0.3) is 0 Å². The second-order valence-electron chi connectivity index (χ2n) is 5.18. The van der Waals surface area contributed by atoms with E-state index in [1.807, 2.05) is 12.1 Å². The van der Waals surface area contributed by atoms with Crippen molar-refractivity contribution in [3.8, 4) is 5.75 Å². The smallest absolute Gasteiger partial charge is 0.121 e. The molecule has 0 aliphatic carbocycles. The minimum atomic E-state index is 0.787. The van der Waals surface area contributed by atoms with Crippen molar-refractivity contribution in [3.05, 3.63) is 53.6 Å². The van der Waals surface area contributed by atoms with Crippen LogP contribution >= 0.6 is 0 Å². The van der Waals surface area contributed by atoms with Crippen LogP contribution in [0.3, 0.4) is 0 Å². The molecule has 0 amide bonds. The fourth-order valence-electron chi connectivity index (χ4n) is 2.86. The van der Waals surface area contributed by atoms with E-state index >= 15 is 0 Å². The predicted molar refractivity (Wildman–Crippen MR) is 83.5 cm³/mol. The van der Waals surface area contributed by atoms with Gasteiger partial charge in [-0.25, -0.2) is 0 Å². The van der Waals surface area contributed by atoms with Gasteiger partial charge in [-0.05, 0) is 36.1 Å². The van der Waals surface area contributed by atoms with E-state index in [0.29, 0.717) is 0 Å². The molecule has 0 saturated heterocycles. The summed E-state index contributed by atoms with van der Waals surface area (Å²) in [5.41, 5.74) is 11.0. The number of nitrogens with two attached hydrogens (primary N) is 1. The van der Waals surface area contributed by atoms with E-state index in [4.69, 9.17) is 10.5 Å². The van der Waals surface area contributed by atoms with Crippen LogP contribution in [0.15, 0.2) is 42.5 Å². The molecule has 0 fully saturated rings. The molecule has 3 heteroatoms. The molecule has 1 aliphatic heterocycles. The van der Waals surface area contributed by atoms with Crippen LogP contribution < -0.4 is 15.4 Å². The molecule has 2 aromatic carbocycles. The second-order valence-corrected chi connectivity index (χ2v) is 5.18. The predicted octanol–water partition coefficient (Wildman–Crippen LogP) is 2.88. The minimum absolute atomic E-state index is 0.787. The Balaban J connectivity index is 1.83. The Morgan fingerprint density at radius 3 is 2.20 bits per heavy atom. The van der Waals surface area contributed by atoms with Gasteiger partial charge in [-0.2, -0.15) is 0 Å². The molecule has 20 heavy (non-hydrogen) atoms. The highest BCUT2D eigenvalue weighted by molar-refractivity contribution is 5.69. The highest BCUT2D eigenvalue weighted by Crippen LogP contribution is 2.29. The van der Waals surface area contributed by atoms with Crippen LogP contribution in [0.1, 0.15) is 11.1 Å². The fourth-order valence-corrected chi connectivity index (χ4v) is 2.86. The molecule has 2 aromatic rings. The molecule has 0 bridgehead atoms. The van der Waals surface area contributed by atoms with E-state index in [0.717, 1.165) is 43.1 Å². The maximum atomic E-state index is 6.16. The third-order valence-corrected chi connectivity index (χ3v) is 4.00. The average molecular weight is 268 g/mol. The maximum absolute atomic E-state index is 6.16. The SMILES string of the molecule is COc1ccc(N2CCc3ccccc3CC2)c(N)c1. The van der Waals surface area contributed by atoms with Crippen LogP contribution in [0.4, 0.5) is 11.4 Å². The zero-order chi connectivity index (χ0) is 13.9. The van der Waals surface area contributed by atoms with E-state index in [-0.39, 0.29) is 0 Å². The lowest BCUT2D eigenvalue weighted by atomic mass is 10.0. The molecule has 0 atom stereocenters. The Bertz CT molecular complexity index is 583. The molecule has 0 unspecified atom stereocenters. The maximum Gasteiger partial charge on any atom is 0.121 e. The Kier molecular flexibility index (Phi) is 3.50. The zero-order valence-electron chi connectivity index (χ0n) is 11.8. The molecule has 0 aromatic heterocycles. The van der Waals surface area contributed by atoms with Crippen molar-refractivity contribution in [1.29, 1.82) is 0 Å². The van der Waals surface area contributed by atoms with Gasteiger partial charge in [0.25, 0.3) is 0 Å². The Labute approximate surface area is 120 Å². The van der Waals surface area contributed by atoms with Crippen molar-refractivity contribution in [1.82, 2.24) is 0 Å². The first-order chi connectivity index (χ1) is 9.78. The number of methoxy groups -OCH3 is 1. The van der Waals surface area contributed by atoms with Crippen LogP contribution in [0, 0.1) is 0 Å². The zero-order valence-corrected chi connectivity index (χ0v) is 11.8. The summed E-state index contributed by atoms with van der Waals surface area (Å²) in [4.78, 5) is 2.37. The molecule has 3 rings (SSSR count). The monoisotopic (exact) mass is 268 g/mol. The molecule has 0 spiro atoms. The number of ether oxygens (including phenoxy) is 1. The van der Waals surface area contributed by atoms with Crippen LogP contribution in [-0.2, 0) is 12.8 Å². The summed E-state index contributed by atoms with van der Waals surface area (Å²) < 4.78 is 5.21. The van der Waals surface area contributed by atoms with Gasteiger partial charge in [0.15, 0.2) is 0 Å². The first-order valence-electron chi connectivity index (χ1n) is 7.03. The number of hydrogen-bond donors (Lipinski definition) is 1. The van der Waals surface area contributed by atoms with Gasteiger partial charge in [0, 0.05) is 19.2 Å². The van der Waals surface area contributed by atoms with Gasteiger partial charge < -0.3 is 15.4 Å². The van der Waals surface area contributed by atoms with Gasteiger partial charge in [0.1, 0.15) is 5.75 Å². The van der Waals surface area contributed by atoms with Crippen LogP contribution in [-0.4, -0.2) is 20.2 Å². The molecule has 1 heterocycles. The van der Waals surface area contributed by atoms with Gasteiger partial charge in [-0.15, -0.1) is 0 Å². The van der Waals surface area contributed by atoms with E-state index in [1.54, 1.807) is 7.11 Å². The van der Waals surface area contributed by atoms with Gasteiger partial charge in [-0.3, -0.25) is 0 Å². The largest absolute Gasteiger partial charge is 0.497 e. The van der Waals surface area contributed by atoms with E-state index in [9.17, 15) is 0 Å². The topological polar surface area (TPSA) is 38.5 Å². The van der Waals surface area contributed by atoms with Crippen molar-refractivity contribution in [2.45, 2.75) is 12.8 Å². The first-order valence-corrected chi connectivity index (χ1v) is 7.03. The second kappa shape index (κ2) is 5.45. The van der Waals surface area contributed by atoms with Crippen molar-refractivity contribution in [3.63, 3.8) is 0 Å². The van der Waals surface area contributed by atoms with E-state index in [1.165, 1.54) is 11.1 Å². The Morgan fingerprint density at radius 2 is 1.65 bits per heavy atom. The minimum Gasteiger partial charge on any atom is -0.497 e. The summed E-state index contributed by atoms with van der Waals surface area (Å²) in [6, 6.07) is 14.6. The lowest BCUT2D eigenvalue weighted by Gasteiger charge is -2.24. The fraction of sp³-hybridized carbons (Fsp3) is 0.294. The summed E-state index contributed by atoms with van der Waals surface area (Å²) in [7, 11) is 1.66. The number of anilines is 2. The number of hydrogen-bond acceptors (Lipinski definition) is 3. The number of fused-ring (bicyclic) bond motifs is 1. The van der Waals surface area contributed by atoms with Crippen LogP contribution in [0.5, 0.6) is 5.75 Å². The summed E-state index contributed by atoms with van der Waals surface area (Å²) >= 11 is 0. The molecular formula is C17H20N2O. The van der Waals surface area contributed by atoms with Crippen molar-refractivity contribution in [2.24, 2.45) is 0 Å². The van der Waals surface area contributed by atoms with Gasteiger partial charge in [-0.1, -0.05) is 24.3 Å². The highest BCUT2D eigenvalue weighted by Gasteiger charge is 2.15. The number of rotatable bonds is 2. The van der Waals surface area contributed by atoms with Gasteiger partial charge in [0.05, 0.1) is 18.5 Å². The third kappa shape index (κ3) is 2.44. The number of nitrogen functional groups attached to an aromatic ring is 1. The quantitative estimate of drug-likeness (QED) is 0.851. The van der Waals surface area contributed by atoms with Crippen molar-refractivity contribution in [2.75, 3.05) is 30.8 Å². The summed E-state index contributed by atoms with van der Waals surface area (Å²) in [6.45, 7) is 2.01. The molecule has 2 N–H and O–H groups in total. The molecule has 3 nitrogen and oxygen atoms in total.